The van der Waals surface area contributed by atoms with E-state index in [1.807, 2.05) is 0 Å². The first kappa shape index (κ1) is 12.8. The number of hydrogen-bond donors (Lipinski definition) is 3. The number of ether oxygens (including phenoxy) is 1. The molecule has 1 amide bonds. The molecule has 6 nitrogen and oxygen atoms in total. The number of carbonyl (C=O) groups excluding carboxylic acids is 1. The Bertz CT molecular complexity index is 388. The minimum Gasteiger partial charge on any atom is -0.381 e. The van der Waals surface area contributed by atoms with Crippen LogP contribution >= 0.6 is 0 Å². The zero-order valence-electron chi connectivity index (χ0n) is 10.2. The van der Waals surface area contributed by atoms with Gasteiger partial charge >= 0.3 is 0 Å². The average molecular weight is 250 g/mol. The number of amides is 1. The number of carbonyl (C=O) groups is 1. The lowest BCUT2D eigenvalue weighted by molar-refractivity contribution is 0.0950. The third-order valence-corrected chi connectivity index (χ3v) is 3.04. The summed E-state index contributed by atoms with van der Waals surface area (Å²) in [4.78, 5) is 15.8. The zero-order chi connectivity index (χ0) is 12.8. The molecule has 0 spiro atoms. The van der Waals surface area contributed by atoms with Gasteiger partial charge in [-0.25, -0.2) is 10.8 Å². The molecule has 0 radical (unpaired) electrons. The number of nitrogens with one attached hydrogen (secondary N) is 2. The highest BCUT2D eigenvalue weighted by atomic mass is 16.5. The van der Waals surface area contributed by atoms with Gasteiger partial charge in [-0.2, -0.15) is 0 Å². The van der Waals surface area contributed by atoms with Gasteiger partial charge in [-0.3, -0.25) is 4.79 Å². The maximum atomic E-state index is 11.8. The molecule has 0 aromatic carbocycles. The maximum Gasteiger partial charge on any atom is 0.252 e. The number of anilines is 1. The predicted octanol–water partition coefficient (Wildman–Crippen LogP) is 0.524. The van der Waals surface area contributed by atoms with Gasteiger partial charge < -0.3 is 15.5 Å². The Hall–Kier alpha value is -1.66. The molecule has 18 heavy (non-hydrogen) atoms. The highest BCUT2D eigenvalue weighted by Gasteiger charge is 2.15. The molecule has 1 aliphatic rings. The lowest BCUT2D eigenvalue weighted by atomic mass is 10.1. The van der Waals surface area contributed by atoms with Crippen molar-refractivity contribution in [3.8, 4) is 0 Å². The quantitative estimate of drug-likeness (QED) is 0.524. The normalized spacial score (nSPS) is 18.6. The lowest BCUT2D eigenvalue weighted by Gasteiger charge is -2.08. The van der Waals surface area contributed by atoms with E-state index >= 15 is 0 Å². The summed E-state index contributed by atoms with van der Waals surface area (Å²) >= 11 is 0. The van der Waals surface area contributed by atoms with Crippen LogP contribution in [-0.2, 0) is 4.74 Å². The first-order chi connectivity index (χ1) is 8.79. The second kappa shape index (κ2) is 6.32. The van der Waals surface area contributed by atoms with Gasteiger partial charge in [-0.05, 0) is 30.9 Å². The number of rotatable bonds is 5. The summed E-state index contributed by atoms with van der Waals surface area (Å²) in [7, 11) is 0. The van der Waals surface area contributed by atoms with Gasteiger partial charge in [0, 0.05) is 26.0 Å². The first-order valence-electron chi connectivity index (χ1n) is 6.08. The summed E-state index contributed by atoms with van der Waals surface area (Å²) < 4.78 is 5.28. The number of aromatic nitrogens is 1. The molecule has 1 aromatic rings. The summed E-state index contributed by atoms with van der Waals surface area (Å²) in [6.45, 7) is 2.33. The second-order valence-electron chi connectivity index (χ2n) is 4.35. The second-order valence-corrected chi connectivity index (χ2v) is 4.35. The van der Waals surface area contributed by atoms with E-state index in [1.165, 1.54) is 6.20 Å². The molecule has 1 saturated heterocycles. The average Bonchev–Trinajstić information content (AvgIpc) is 2.92. The topological polar surface area (TPSA) is 89.3 Å². The molecule has 0 saturated carbocycles. The van der Waals surface area contributed by atoms with Crippen molar-refractivity contribution in [1.82, 2.24) is 10.3 Å². The Morgan fingerprint density at radius 1 is 1.56 bits per heavy atom. The van der Waals surface area contributed by atoms with Gasteiger partial charge in [0.25, 0.3) is 5.91 Å². The molecular weight excluding hydrogens is 232 g/mol. The summed E-state index contributed by atoms with van der Waals surface area (Å²) in [5.74, 6) is 6.21. The van der Waals surface area contributed by atoms with Gasteiger partial charge in [-0.1, -0.05) is 0 Å². The fraction of sp³-hybridized carbons (Fsp3) is 0.500. The molecule has 6 heteroatoms. The van der Waals surface area contributed by atoms with Crippen LogP contribution in [-0.4, -0.2) is 30.6 Å². The van der Waals surface area contributed by atoms with E-state index in [9.17, 15) is 4.79 Å². The fourth-order valence-corrected chi connectivity index (χ4v) is 1.92. The van der Waals surface area contributed by atoms with Crippen LogP contribution in [0.15, 0.2) is 18.3 Å². The van der Waals surface area contributed by atoms with Crippen molar-refractivity contribution < 1.29 is 9.53 Å². The van der Waals surface area contributed by atoms with Crippen LogP contribution in [0, 0.1) is 5.92 Å². The van der Waals surface area contributed by atoms with Crippen LogP contribution in [0.1, 0.15) is 23.2 Å². The number of hydrazine groups is 1. The number of hydrogen-bond acceptors (Lipinski definition) is 5. The van der Waals surface area contributed by atoms with Crippen molar-refractivity contribution >= 4 is 11.7 Å². The van der Waals surface area contributed by atoms with E-state index in [0.717, 1.165) is 26.1 Å². The minimum atomic E-state index is -0.106. The monoisotopic (exact) mass is 250 g/mol. The summed E-state index contributed by atoms with van der Waals surface area (Å²) in [6, 6.07) is 3.36. The van der Waals surface area contributed by atoms with Gasteiger partial charge in [0.15, 0.2) is 0 Å². The van der Waals surface area contributed by atoms with Crippen molar-refractivity contribution in [2.45, 2.75) is 12.8 Å². The molecule has 1 atom stereocenters. The largest absolute Gasteiger partial charge is 0.381 e. The molecule has 98 valence electrons. The molecular formula is C12H18N4O2. The highest BCUT2D eigenvalue weighted by molar-refractivity contribution is 5.93. The van der Waals surface area contributed by atoms with Crippen LogP contribution in [0.5, 0.6) is 0 Å². The molecule has 0 aliphatic carbocycles. The van der Waals surface area contributed by atoms with Gasteiger partial charge in [0.2, 0.25) is 0 Å². The Labute approximate surface area is 106 Å². The Balaban J connectivity index is 1.76. The van der Waals surface area contributed by atoms with E-state index in [4.69, 9.17) is 10.6 Å². The van der Waals surface area contributed by atoms with Gasteiger partial charge in [0.05, 0.1) is 5.56 Å². The summed E-state index contributed by atoms with van der Waals surface area (Å²) in [5.41, 5.74) is 2.96. The Morgan fingerprint density at radius 3 is 3.06 bits per heavy atom. The third kappa shape index (κ3) is 3.41. The smallest absolute Gasteiger partial charge is 0.252 e. The van der Waals surface area contributed by atoms with Crippen molar-refractivity contribution in [1.29, 1.82) is 0 Å². The maximum absolute atomic E-state index is 11.8. The molecule has 0 bridgehead atoms. The number of nitrogen functional groups attached to an aromatic ring is 1. The van der Waals surface area contributed by atoms with Crippen LogP contribution in [0.3, 0.4) is 0 Å². The summed E-state index contributed by atoms with van der Waals surface area (Å²) in [6.07, 6.45) is 3.55. The van der Waals surface area contributed by atoms with E-state index in [-0.39, 0.29) is 5.91 Å². The van der Waals surface area contributed by atoms with Crippen LogP contribution < -0.4 is 16.6 Å². The number of nitrogens with two attached hydrogens (primary N) is 1. The lowest BCUT2D eigenvalue weighted by Crippen LogP contribution is -2.26. The molecule has 1 aromatic heterocycles. The van der Waals surface area contributed by atoms with E-state index in [1.54, 1.807) is 12.1 Å². The predicted molar refractivity (Wildman–Crippen MR) is 67.9 cm³/mol. The standard InChI is InChI=1S/C12H18N4O2/c13-16-11-2-1-10(7-15-11)12(17)14-5-3-9-4-6-18-8-9/h1-2,7,9H,3-6,8,13H2,(H,14,17)(H,15,16). The first-order valence-corrected chi connectivity index (χ1v) is 6.08. The van der Waals surface area contributed by atoms with Crippen LogP contribution in [0.4, 0.5) is 5.82 Å². The fourth-order valence-electron chi connectivity index (χ4n) is 1.92. The van der Waals surface area contributed by atoms with E-state index < -0.39 is 0 Å². The van der Waals surface area contributed by atoms with Crippen molar-refractivity contribution in [2.24, 2.45) is 11.8 Å². The van der Waals surface area contributed by atoms with Crippen molar-refractivity contribution in [3.05, 3.63) is 23.9 Å². The number of pyridine rings is 1. The van der Waals surface area contributed by atoms with Gasteiger partial charge in [0.1, 0.15) is 5.82 Å². The van der Waals surface area contributed by atoms with Crippen molar-refractivity contribution in [3.63, 3.8) is 0 Å². The van der Waals surface area contributed by atoms with Crippen LogP contribution in [0.2, 0.25) is 0 Å². The number of nitrogens with zero attached hydrogens (tertiary/aromatic N) is 1. The van der Waals surface area contributed by atoms with Crippen LogP contribution in [0.25, 0.3) is 0 Å². The SMILES string of the molecule is NNc1ccc(C(=O)NCCC2CCOC2)cn1. The zero-order valence-corrected chi connectivity index (χ0v) is 10.2. The third-order valence-electron chi connectivity index (χ3n) is 3.04. The minimum absolute atomic E-state index is 0.106. The molecule has 1 unspecified atom stereocenters. The Morgan fingerprint density at radius 2 is 2.44 bits per heavy atom. The highest BCUT2D eigenvalue weighted by Crippen LogP contribution is 2.15. The van der Waals surface area contributed by atoms with E-state index in [2.05, 4.69) is 15.7 Å². The molecule has 4 N–H and O–H groups in total. The van der Waals surface area contributed by atoms with E-state index in [0.29, 0.717) is 23.8 Å². The molecule has 2 rings (SSSR count). The Kier molecular flexibility index (Phi) is 4.49. The molecule has 1 fully saturated rings. The van der Waals surface area contributed by atoms with Crippen molar-refractivity contribution in [2.75, 3.05) is 25.2 Å². The molecule has 1 aliphatic heterocycles. The molecule has 2 heterocycles. The van der Waals surface area contributed by atoms with Gasteiger partial charge in [-0.15, -0.1) is 0 Å². The summed E-state index contributed by atoms with van der Waals surface area (Å²) in [5, 5.41) is 2.88.